The molecule has 0 amide bonds. The topological polar surface area (TPSA) is 201 Å². The van der Waals surface area contributed by atoms with Crippen molar-refractivity contribution >= 4 is 11.9 Å². The molecular formula is C11H17N9O3. The van der Waals surface area contributed by atoms with Gasteiger partial charge in [0.25, 0.3) is 0 Å². The average Bonchev–Trinajstić information content (AvgIpc) is 2.42. The van der Waals surface area contributed by atoms with Gasteiger partial charge in [0, 0.05) is 19.5 Å². The van der Waals surface area contributed by atoms with E-state index in [0.29, 0.717) is 12.2 Å². The zero-order valence-corrected chi connectivity index (χ0v) is 12.1. The fourth-order valence-corrected chi connectivity index (χ4v) is 1.38. The van der Waals surface area contributed by atoms with Crippen molar-refractivity contribution < 1.29 is 0 Å². The normalized spacial score (nSPS) is 9.74. The van der Waals surface area contributed by atoms with Crippen molar-refractivity contribution in [3.05, 3.63) is 49.9 Å². The molecule has 124 valence electrons. The van der Waals surface area contributed by atoms with Crippen LogP contribution in [0.15, 0.2) is 27.0 Å². The summed E-state index contributed by atoms with van der Waals surface area (Å²) in [5, 5.41) is 3.12. The molecule has 23 heavy (non-hydrogen) atoms. The fraction of sp³-hybridized carbons (Fsp3) is 0.273. The van der Waals surface area contributed by atoms with E-state index in [4.69, 9.17) is 11.5 Å². The summed E-state index contributed by atoms with van der Waals surface area (Å²) in [6, 6.07) is 0. The molecule has 8 N–H and O–H groups in total. The number of aromatic amines is 3. The summed E-state index contributed by atoms with van der Waals surface area (Å²) in [6.45, 7) is 5.11. The first kappa shape index (κ1) is 17.8. The third-order valence-electron chi connectivity index (χ3n) is 2.21. The van der Waals surface area contributed by atoms with E-state index in [9.17, 15) is 14.4 Å². The van der Waals surface area contributed by atoms with Crippen LogP contribution >= 0.6 is 0 Å². The highest BCUT2D eigenvalue weighted by molar-refractivity contribution is 5.25. The van der Waals surface area contributed by atoms with Crippen LogP contribution in [0.4, 0.5) is 11.9 Å². The van der Waals surface area contributed by atoms with Crippen molar-refractivity contribution in [3.8, 4) is 0 Å². The van der Waals surface area contributed by atoms with Gasteiger partial charge in [0.15, 0.2) is 0 Å². The Morgan fingerprint density at radius 2 is 1.43 bits per heavy atom. The number of nitrogen functional groups attached to an aromatic ring is 2. The number of aromatic nitrogens is 6. The molecule has 0 saturated heterocycles. The number of H-pyrrole nitrogens is 3. The van der Waals surface area contributed by atoms with Crippen LogP contribution in [0.25, 0.3) is 0 Å². The van der Waals surface area contributed by atoms with Gasteiger partial charge in [0.1, 0.15) is 5.82 Å². The second-order valence-corrected chi connectivity index (χ2v) is 4.07. The van der Waals surface area contributed by atoms with Crippen LogP contribution in [0.1, 0.15) is 5.82 Å². The summed E-state index contributed by atoms with van der Waals surface area (Å²) >= 11 is 0. The van der Waals surface area contributed by atoms with Gasteiger partial charge in [0.05, 0.1) is 0 Å². The van der Waals surface area contributed by atoms with Crippen molar-refractivity contribution in [3.63, 3.8) is 0 Å². The maximum atomic E-state index is 10.2. The van der Waals surface area contributed by atoms with E-state index >= 15 is 0 Å². The van der Waals surface area contributed by atoms with Gasteiger partial charge >= 0.3 is 17.1 Å². The van der Waals surface area contributed by atoms with Crippen molar-refractivity contribution in [1.82, 2.24) is 35.2 Å². The van der Waals surface area contributed by atoms with E-state index in [1.807, 2.05) is 0 Å². The molecule has 2 aromatic heterocycles. The first-order valence-corrected chi connectivity index (χ1v) is 6.41. The van der Waals surface area contributed by atoms with Crippen molar-refractivity contribution in [2.24, 2.45) is 0 Å². The van der Waals surface area contributed by atoms with E-state index in [1.54, 1.807) is 21.0 Å². The average molecular weight is 323 g/mol. The molecule has 0 saturated carbocycles. The lowest BCUT2D eigenvalue weighted by Crippen LogP contribution is -2.34. The third kappa shape index (κ3) is 7.33. The van der Waals surface area contributed by atoms with Crippen LogP contribution in [0.5, 0.6) is 0 Å². The zero-order valence-electron chi connectivity index (χ0n) is 12.1. The Bertz CT molecular complexity index is 708. The molecule has 0 fully saturated rings. The highest BCUT2D eigenvalue weighted by atomic mass is 16.2. The van der Waals surface area contributed by atoms with Gasteiger partial charge in [-0.25, -0.2) is 14.4 Å². The van der Waals surface area contributed by atoms with Crippen LogP contribution in [0.2, 0.25) is 0 Å². The minimum Gasteiger partial charge on any atom is -0.368 e. The van der Waals surface area contributed by atoms with E-state index in [1.165, 1.54) is 0 Å². The van der Waals surface area contributed by atoms with Crippen LogP contribution in [-0.4, -0.2) is 43.0 Å². The van der Waals surface area contributed by atoms with Gasteiger partial charge in [-0.3, -0.25) is 15.0 Å². The van der Waals surface area contributed by atoms with Gasteiger partial charge in [-0.15, -0.1) is 6.58 Å². The molecule has 0 aromatic carbocycles. The Balaban J connectivity index is 0.000000253. The first-order chi connectivity index (χ1) is 10.9. The van der Waals surface area contributed by atoms with Crippen LogP contribution in [-0.2, 0) is 6.42 Å². The number of anilines is 2. The number of nitrogens with one attached hydrogen (secondary N) is 4. The second kappa shape index (κ2) is 8.89. The largest absolute Gasteiger partial charge is 0.368 e. The smallest absolute Gasteiger partial charge is 0.330 e. The van der Waals surface area contributed by atoms with Gasteiger partial charge < -0.3 is 16.8 Å². The quantitative estimate of drug-likeness (QED) is 0.246. The Morgan fingerprint density at radius 1 is 0.957 bits per heavy atom. The van der Waals surface area contributed by atoms with E-state index < -0.39 is 17.1 Å². The molecule has 0 aliphatic heterocycles. The Labute approximate surface area is 129 Å². The van der Waals surface area contributed by atoms with Gasteiger partial charge in [-0.1, -0.05) is 6.08 Å². The van der Waals surface area contributed by atoms with E-state index in [0.717, 1.165) is 13.1 Å². The highest BCUT2D eigenvalue weighted by Gasteiger charge is 2.00. The molecule has 0 aliphatic rings. The van der Waals surface area contributed by atoms with Gasteiger partial charge in [-0.2, -0.15) is 15.0 Å². The lowest BCUT2D eigenvalue weighted by atomic mass is 10.4. The molecule has 12 heteroatoms. The number of hydrogen-bond donors (Lipinski definition) is 6. The second-order valence-electron chi connectivity index (χ2n) is 4.07. The molecule has 2 aromatic rings. The number of hydrogen-bond acceptors (Lipinski definition) is 9. The van der Waals surface area contributed by atoms with Crippen LogP contribution in [0.3, 0.4) is 0 Å². The minimum absolute atomic E-state index is 0.163. The van der Waals surface area contributed by atoms with Crippen LogP contribution in [0, 0.1) is 0 Å². The summed E-state index contributed by atoms with van der Waals surface area (Å²) < 4.78 is 0. The monoisotopic (exact) mass is 323 g/mol. The maximum absolute atomic E-state index is 10.2. The minimum atomic E-state index is -0.802. The lowest BCUT2D eigenvalue weighted by molar-refractivity contribution is 0.717. The Kier molecular flexibility index (Phi) is 6.87. The molecule has 0 bridgehead atoms. The molecule has 0 spiro atoms. The molecule has 0 unspecified atom stereocenters. The summed E-state index contributed by atoms with van der Waals surface area (Å²) in [5.74, 6) is 0.930. The lowest BCUT2D eigenvalue weighted by Gasteiger charge is -2.02. The fourth-order valence-electron chi connectivity index (χ4n) is 1.38. The van der Waals surface area contributed by atoms with E-state index in [2.05, 4.69) is 26.8 Å². The number of nitrogens with two attached hydrogens (primary N) is 2. The standard InChI is InChI=1S/C8H14N6.C3H3N3O3/c1-2-4-11-5-3-6-12-7(9)14-8(10)13-6;7-1-4-2(8)6-3(9)5-1/h2,11H,1,3-5H2,(H4,9,10,12,13,14);(H3,4,5,6,7,8,9). The Morgan fingerprint density at radius 3 is 1.87 bits per heavy atom. The molecule has 0 aliphatic carbocycles. The molecule has 12 nitrogen and oxygen atoms in total. The molecule has 0 radical (unpaired) electrons. The van der Waals surface area contributed by atoms with Gasteiger partial charge in [0.2, 0.25) is 11.9 Å². The van der Waals surface area contributed by atoms with Crippen molar-refractivity contribution in [2.75, 3.05) is 24.6 Å². The third-order valence-corrected chi connectivity index (χ3v) is 2.21. The molecule has 2 rings (SSSR count). The van der Waals surface area contributed by atoms with Crippen molar-refractivity contribution in [1.29, 1.82) is 0 Å². The summed E-state index contributed by atoms with van der Waals surface area (Å²) in [6.07, 6.45) is 2.46. The molecule has 0 atom stereocenters. The highest BCUT2D eigenvalue weighted by Crippen LogP contribution is 1.98. The SMILES string of the molecule is C=CCNCCc1nc(N)nc(N)n1.O=c1[nH]c(=O)[nH]c(=O)[nH]1. The summed E-state index contributed by atoms with van der Waals surface area (Å²) in [5.41, 5.74) is 8.42. The summed E-state index contributed by atoms with van der Waals surface area (Å²) in [4.78, 5) is 47.5. The zero-order chi connectivity index (χ0) is 17.2. The summed E-state index contributed by atoms with van der Waals surface area (Å²) in [7, 11) is 0. The van der Waals surface area contributed by atoms with Crippen LogP contribution < -0.4 is 33.9 Å². The molecular weight excluding hydrogens is 306 g/mol. The maximum Gasteiger partial charge on any atom is 0.330 e. The predicted molar refractivity (Wildman–Crippen MR) is 83.7 cm³/mol. The van der Waals surface area contributed by atoms with Crippen molar-refractivity contribution in [2.45, 2.75) is 6.42 Å². The Hall–Kier alpha value is -3.28. The number of rotatable bonds is 5. The first-order valence-electron chi connectivity index (χ1n) is 6.41. The predicted octanol–water partition coefficient (Wildman–Crippen LogP) is -2.89. The molecule has 2 heterocycles. The van der Waals surface area contributed by atoms with Gasteiger partial charge in [-0.05, 0) is 0 Å². The van der Waals surface area contributed by atoms with E-state index in [-0.39, 0.29) is 11.9 Å². The number of nitrogens with zero attached hydrogens (tertiary/aromatic N) is 3.